The molecule has 2 aromatic heterocycles. The van der Waals surface area contributed by atoms with Gasteiger partial charge in [0.05, 0.1) is 23.8 Å². The number of nitrogens with zero attached hydrogens (tertiary/aromatic N) is 1. The number of carbonyl (C=O) groups excluding carboxylic acids is 1. The van der Waals surface area contributed by atoms with Crippen molar-refractivity contribution in [1.82, 2.24) is 9.88 Å². The Kier molecular flexibility index (Phi) is 7.49. The smallest absolute Gasteiger partial charge is 0.240 e. The first-order chi connectivity index (χ1) is 20.2. The highest BCUT2D eigenvalue weighted by atomic mass is 16.5. The lowest BCUT2D eigenvalue weighted by atomic mass is 10.1. The molecule has 7 heteroatoms. The first-order valence-corrected chi connectivity index (χ1v) is 13.4. The van der Waals surface area contributed by atoms with Gasteiger partial charge in [0.25, 0.3) is 0 Å². The monoisotopic (exact) mass is 544 g/mol. The molecule has 0 aliphatic rings. The number of benzene rings is 4. The van der Waals surface area contributed by atoms with E-state index in [4.69, 9.17) is 13.9 Å². The van der Waals surface area contributed by atoms with Crippen molar-refractivity contribution in [2.45, 2.75) is 13.2 Å². The molecule has 41 heavy (non-hydrogen) atoms. The Morgan fingerprint density at radius 1 is 0.756 bits per heavy atom. The Bertz CT molecular complexity index is 1840. The van der Waals surface area contributed by atoms with Crippen molar-refractivity contribution in [3.63, 3.8) is 0 Å². The Morgan fingerprint density at radius 2 is 1.51 bits per heavy atom. The number of pyridine rings is 1. The van der Waals surface area contributed by atoms with E-state index in [0.717, 1.165) is 22.6 Å². The van der Waals surface area contributed by atoms with Crippen LogP contribution < -0.4 is 20.2 Å². The summed E-state index contributed by atoms with van der Waals surface area (Å²) in [6, 6.07) is 33.9. The van der Waals surface area contributed by atoms with Gasteiger partial charge < -0.3 is 23.8 Å². The predicted molar refractivity (Wildman–Crippen MR) is 159 cm³/mol. The number of fused-ring (bicyclic) bond motifs is 2. The lowest BCUT2D eigenvalue weighted by Crippen LogP contribution is -2.31. The van der Waals surface area contributed by atoms with E-state index in [9.17, 15) is 9.59 Å². The van der Waals surface area contributed by atoms with Crippen molar-refractivity contribution in [3.05, 3.63) is 131 Å². The molecule has 1 N–H and O–H groups in total. The molecule has 4 aromatic carbocycles. The minimum absolute atomic E-state index is 0.0567. The van der Waals surface area contributed by atoms with Crippen molar-refractivity contribution >= 4 is 27.7 Å². The zero-order valence-corrected chi connectivity index (χ0v) is 22.3. The maximum atomic E-state index is 13.3. The summed E-state index contributed by atoms with van der Waals surface area (Å²) in [6.07, 6.45) is 1.65. The normalized spacial score (nSPS) is 11.0. The van der Waals surface area contributed by atoms with Crippen LogP contribution in [0.5, 0.6) is 11.5 Å². The number of rotatable bonds is 10. The van der Waals surface area contributed by atoms with Crippen molar-refractivity contribution in [3.8, 4) is 22.8 Å². The van der Waals surface area contributed by atoms with E-state index >= 15 is 0 Å². The number of furan rings is 1. The van der Waals surface area contributed by atoms with E-state index in [1.807, 2.05) is 108 Å². The second-order valence-electron chi connectivity index (χ2n) is 9.59. The van der Waals surface area contributed by atoms with Crippen LogP contribution in [0.1, 0.15) is 5.56 Å². The molecule has 6 aromatic rings. The fourth-order valence-electron chi connectivity index (χ4n) is 4.83. The number of hydrogen-bond acceptors (Lipinski definition) is 5. The fourth-order valence-corrected chi connectivity index (χ4v) is 4.83. The summed E-state index contributed by atoms with van der Waals surface area (Å²) in [7, 11) is 0. The molecule has 0 saturated heterocycles. The summed E-state index contributed by atoms with van der Waals surface area (Å²) in [4.78, 5) is 26.3. The lowest BCUT2D eigenvalue weighted by Gasteiger charge is -2.16. The van der Waals surface area contributed by atoms with Crippen LogP contribution in [0.2, 0.25) is 0 Å². The van der Waals surface area contributed by atoms with Crippen LogP contribution in [0.4, 0.5) is 0 Å². The van der Waals surface area contributed by atoms with Crippen LogP contribution in [0.25, 0.3) is 33.1 Å². The first-order valence-electron chi connectivity index (χ1n) is 13.4. The zero-order chi connectivity index (χ0) is 28.0. The maximum absolute atomic E-state index is 13.3. The molecule has 0 fully saturated rings. The van der Waals surface area contributed by atoms with Gasteiger partial charge in [0.1, 0.15) is 37.0 Å². The second-order valence-corrected chi connectivity index (χ2v) is 9.59. The molecule has 0 saturated carbocycles. The highest BCUT2D eigenvalue weighted by Gasteiger charge is 2.14. The second kappa shape index (κ2) is 11.8. The third kappa shape index (κ3) is 5.84. The molecular weight excluding hydrogens is 516 g/mol. The van der Waals surface area contributed by atoms with Crippen molar-refractivity contribution in [2.24, 2.45) is 0 Å². The van der Waals surface area contributed by atoms with Crippen LogP contribution in [0.15, 0.2) is 125 Å². The Hall–Kier alpha value is -5.30. The molecule has 0 aliphatic carbocycles. The molecule has 0 aliphatic heterocycles. The van der Waals surface area contributed by atoms with Gasteiger partial charge in [-0.1, -0.05) is 36.4 Å². The van der Waals surface area contributed by atoms with Gasteiger partial charge >= 0.3 is 0 Å². The number of carbonyl (C=O) groups is 1. The van der Waals surface area contributed by atoms with E-state index in [1.54, 1.807) is 12.3 Å². The number of para-hydroxylation sites is 2. The standard InChI is InChI=1S/C34H28N2O5/c37-33(35-18-20-39-26-7-2-1-3-8-26)22-36-30-10-5-4-9-28(30)34(38)29-17-12-24(21-31(29)36)23-41-27-15-13-25(14-16-27)32-11-6-19-40-32/h1-17,19,21H,18,20,22-23H2,(H,35,37). The molecule has 0 spiro atoms. The molecule has 6 rings (SSSR count). The highest BCUT2D eigenvalue weighted by Crippen LogP contribution is 2.24. The minimum Gasteiger partial charge on any atom is -0.492 e. The number of ether oxygens (including phenoxy) is 2. The van der Waals surface area contributed by atoms with Gasteiger partial charge in [-0.15, -0.1) is 0 Å². The summed E-state index contributed by atoms with van der Waals surface area (Å²) in [5, 5.41) is 4.05. The number of hydrogen-bond donors (Lipinski definition) is 1. The summed E-state index contributed by atoms with van der Waals surface area (Å²) < 4.78 is 19.1. The van der Waals surface area contributed by atoms with E-state index in [0.29, 0.717) is 47.3 Å². The first kappa shape index (κ1) is 26.0. The van der Waals surface area contributed by atoms with Gasteiger partial charge in [0.15, 0.2) is 5.43 Å². The van der Waals surface area contributed by atoms with E-state index in [-0.39, 0.29) is 17.9 Å². The summed E-state index contributed by atoms with van der Waals surface area (Å²) in [5.74, 6) is 2.09. The van der Waals surface area contributed by atoms with Gasteiger partial charge in [0, 0.05) is 16.3 Å². The lowest BCUT2D eigenvalue weighted by molar-refractivity contribution is -0.121. The number of aromatic nitrogens is 1. The average Bonchev–Trinajstić information content (AvgIpc) is 3.56. The third-order valence-corrected chi connectivity index (χ3v) is 6.84. The molecule has 1 amide bonds. The third-order valence-electron chi connectivity index (χ3n) is 6.84. The molecule has 2 heterocycles. The molecule has 0 bridgehead atoms. The Balaban J connectivity index is 1.21. The highest BCUT2D eigenvalue weighted by molar-refractivity contribution is 5.95. The van der Waals surface area contributed by atoms with Gasteiger partial charge in [-0.05, 0) is 78.4 Å². The molecule has 7 nitrogen and oxygen atoms in total. The van der Waals surface area contributed by atoms with Crippen LogP contribution >= 0.6 is 0 Å². The minimum atomic E-state index is -0.171. The van der Waals surface area contributed by atoms with Gasteiger partial charge in [-0.25, -0.2) is 0 Å². The maximum Gasteiger partial charge on any atom is 0.240 e. The van der Waals surface area contributed by atoms with Crippen LogP contribution in [0.3, 0.4) is 0 Å². The quantitative estimate of drug-likeness (QED) is 0.164. The van der Waals surface area contributed by atoms with E-state index < -0.39 is 0 Å². The molecule has 204 valence electrons. The topological polar surface area (TPSA) is 82.7 Å². The Labute approximate surface area is 236 Å². The van der Waals surface area contributed by atoms with Gasteiger partial charge in [0.2, 0.25) is 5.91 Å². The summed E-state index contributed by atoms with van der Waals surface area (Å²) in [5.41, 5.74) is 3.16. The van der Waals surface area contributed by atoms with Crippen LogP contribution in [-0.4, -0.2) is 23.6 Å². The van der Waals surface area contributed by atoms with Crippen LogP contribution in [0, 0.1) is 0 Å². The fraction of sp³-hybridized carbons (Fsp3) is 0.118. The van der Waals surface area contributed by atoms with Gasteiger partial charge in [-0.2, -0.15) is 0 Å². The van der Waals surface area contributed by atoms with Crippen LogP contribution in [-0.2, 0) is 17.9 Å². The summed E-state index contributed by atoms with van der Waals surface area (Å²) >= 11 is 0. The number of amides is 1. The largest absolute Gasteiger partial charge is 0.492 e. The van der Waals surface area contributed by atoms with E-state index in [2.05, 4.69) is 5.32 Å². The summed E-state index contributed by atoms with van der Waals surface area (Å²) in [6.45, 7) is 1.08. The molecule has 0 radical (unpaired) electrons. The molecule has 0 unspecified atom stereocenters. The number of nitrogens with one attached hydrogen (secondary N) is 1. The molecular formula is C34H28N2O5. The van der Waals surface area contributed by atoms with Gasteiger partial charge in [-0.3, -0.25) is 9.59 Å². The molecule has 0 atom stereocenters. The van der Waals surface area contributed by atoms with Crippen molar-refractivity contribution < 1.29 is 18.7 Å². The van der Waals surface area contributed by atoms with Crippen molar-refractivity contribution in [2.75, 3.05) is 13.2 Å². The van der Waals surface area contributed by atoms with E-state index in [1.165, 1.54) is 0 Å². The average molecular weight is 545 g/mol. The predicted octanol–water partition coefficient (Wildman–Crippen LogP) is 6.19. The zero-order valence-electron chi connectivity index (χ0n) is 22.3. The van der Waals surface area contributed by atoms with Crippen molar-refractivity contribution in [1.29, 1.82) is 0 Å². The Morgan fingerprint density at radius 3 is 2.32 bits per heavy atom. The SMILES string of the molecule is O=C(Cn1c2ccccc2c(=O)c2ccc(COc3ccc(-c4ccco4)cc3)cc21)NCCOc1ccccc1.